The first-order valence-electron chi connectivity index (χ1n) is 13.0. The van der Waals surface area contributed by atoms with Crippen molar-refractivity contribution >= 4 is 39.7 Å². The van der Waals surface area contributed by atoms with Crippen LogP contribution in [0.15, 0.2) is 6.33 Å². The molecule has 38 heavy (non-hydrogen) atoms. The number of ether oxygens (including phenoxy) is 3. The number of hydrogen-bond acceptors (Lipinski definition) is 10. The Kier molecular flexibility index (Phi) is 8.41. The van der Waals surface area contributed by atoms with Crippen LogP contribution in [-0.2, 0) is 23.1 Å². The van der Waals surface area contributed by atoms with Crippen molar-refractivity contribution in [3.63, 3.8) is 0 Å². The van der Waals surface area contributed by atoms with Gasteiger partial charge in [-0.25, -0.2) is 4.98 Å². The summed E-state index contributed by atoms with van der Waals surface area (Å²) in [4.78, 5) is 25.3. The van der Waals surface area contributed by atoms with E-state index >= 15 is 0 Å². The molecule has 3 heterocycles. The molecule has 11 nitrogen and oxygen atoms in total. The van der Waals surface area contributed by atoms with Gasteiger partial charge in [0, 0.05) is 6.92 Å². The molecule has 4 atom stereocenters. The SMILES string of the molecule is COc1nc(N)nc2c1ncn2[C@@H]1O[C@H](CO[Si](C)(C)C(C)(C)C)[C@@H](O[Si](C)(C)C(C)(C)C)[C@@H]1OC(C)=O. The summed E-state index contributed by atoms with van der Waals surface area (Å²) in [5, 5.41) is -0.0604. The summed E-state index contributed by atoms with van der Waals surface area (Å²) in [6.45, 7) is 23.5. The smallest absolute Gasteiger partial charge is 0.303 e. The Hall–Kier alpha value is -2.07. The first-order valence-corrected chi connectivity index (χ1v) is 18.8. The second-order valence-corrected chi connectivity index (χ2v) is 22.5. The molecule has 1 fully saturated rings. The molecule has 0 radical (unpaired) electrons. The van der Waals surface area contributed by atoms with Crippen LogP contribution in [0.2, 0.25) is 36.3 Å². The van der Waals surface area contributed by atoms with E-state index in [1.54, 1.807) is 10.9 Å². The van der Waals surface area contributed by atoms with E-state index in [1.807, 2.05) is 0 Å². The lowest BCUT2D eigenvalue weighted by molar-refractivity contribution is -0.155. The number of imidazole rings is 1. The number of methoxy groups -OCH3 is 1. The van der Waals surface area contributed by atoms with Crippen molar-refractivity contribution in [2.45, 2.75) is 109 Å². The van der Waals surface area contributed by atoms with E-state index in [0.29, 0.717) is 17.8 Å². The molecule has 0 saturated carbocycles. The normalized spacial score (nSPS) is 23.2. The van der Waals surface area contributed by atoms with Gasteiger partial charge in [0.15, 0.2) is 40.1 Å². The Morgan fingerprint density at radius 2 is 1.66 bits per heavy atom. The number of anilines is 1. The Labute approximate surface area is 228 Å². The molecule has 2 aromatic heterocycles. The highest BCUT2D eigenvalue weighted by molar-refractivity contribution is 6.74. The molecule has 0 bridgehead atoms. The third-order valence-corrected chi connectivity index (χ3v) is 17.1. The summed E-state index contributed by atoms with van der Waals surface area (Å²) in [5.74, 6) is -0.153. The monoisotopic (exact) mass is 567 g/mol. The zero-order valence-corrected chi connectivity index (χ0v) is 26.9. The number of hydrogen-bond donors (Lipinski definition) is 1. The summed E-state index contributed by atoms with van der Waals surface area (Å²) in [6.07, 6.45) is -1.03. The van der Waals surface area contributed by atoms with E-state index in [4.69, 9.17) is 28.8 Å². The quantitative estimate of drug-likeness (QED) is 0.355. The Morgan fingerprint density at radius 3 is 2.18 bits per heavy atom. The Morgan fingerprint density at radius 1 is 1.05 bits per heavy atom. The van der Waals surface area contributed by atoms with E-state index in [2.05, 4.69) is 82.7 Å². The summed E-state index contributed by atoms with van der Waals surface area (Å²) in [7, 11) is -2.93. The Bertz CT molecular complexity index is 1160. The highest BCUT2D eigenvalue weighted by Crippen LogP contribution is 2.44. The van der Waals surface area contributed by atoms with Gasteiger partial charge in [-0.15, -0.1) is 0 Å². The van der Waals surface area contributed by atoms with Crippen LogP contribution >= 0.6 is 0 Å². The van der Waals surface area contributed by atoms with Crippen molar-refractivity contribution in [2.75, 3.05) is 19.5 Å². The molecule has 3 rings (SSSR count). The average molecular weight is 568 g/mol. The summed E-state index contributed by atoms with van der Waals surface area (Å²) >= 11 is 0. The third-order valence-electron chi connectivity index (χ3n) is 8.11. The molecule has 0 aromatic carbocycles. The average Bonchev–Trinajstić information content (AvgIpc) is 3.31. The van der Waals surface area contributed by atoms with Crippen LogP contribution in [-0.4, -0.2) is 74.2 Å². The molecule has 13 heteroatoms. The number of carbonyl (C=O) groups excluding carboxylic acids is 1. The zero-order valence-electron chi connectivity index (χ0n) is 24.9. The van der Waals surface area contributed by atoms with Crippen molar-refractivity contribution in [3.05, 3.63) is 6.33 Å². The lowest BCUT2D eigenvalue weighted by Gasteiger charge is -2.41. The van der Waals surface area contributed by atoms with Crippen molar-refractivity contribution in [2.24, 2.45) is 0 Å². The molecule has 2 aromatic rings. The fourth-order valence-corrected chi connectivity index (χ4v) is 6.12. The standard InChI is InChI=1S/C25H45N5O6Si2/c1-15(31)34-19-18(36-38(11,12)25(5,6)7)16(13-33-37(9,10)24(2,3)4)35-22(19)30-14-27-17-20(30)28-23(26)29-21(17)32-8/h14,16,18-19,22H,13H2,1-12H3,(H2,26,28,29)/t16-,18-,19+,22-/m1/s1. The number of rotatable bonds is 8. The molecule has 1 aliphatic heterocycles. The fourth-order valence-electron chi connectivity index (χ4n) is 3.78. The van der Waals surface area contributed by atoms with Crippen LogP contribution in [0, 0.1) is 0 Å². The maximum absolute atomic E-state index is 12.4. The summed E-state index contributed by atoms with van der Waals surface area (Å²) in [5.41, 5.74) is 6.80. The minimum atomic E-state index is -2.31. The van der Waals surface area contributed by atoms with Crippen LogP contribution in [0.1, 0.15) is 54.7 Å². The van der Waals surface area contributed by atoms with Gasteiger partial charge in [-0.2, -0.15) is 9.97 Å². The molecule has 0 aliphatic carbocycles. The van der Waals surface area contributed by atoms with Crippen molar-refractivity contribution < 1.29 is 27.9 Å². The second kappa shape index (κ2) is 10.5. The number of esters is 1. The predicted molar refractivity (Wildman–Crippen MR) is 151 cm³/mol. The van der Waals surface area contributed by atoms with E-state index in [0.717, 1.165) is 0 Å². The minimum absolute atomic E-state index is 0.0155. The van der Waals surface area contributed by atoms with E-state index in [9.17, 15) is 4.79 Å². The molecular weight excluding hydrogens is 522 g/mol. The van der Waals surface area contributed by atoms with Crippen LogP contribution in [0.25, 0.3) is 11.2 Å². The molecule has 2 N–H and O–H groups in total. The molecular formula is C25H45N5O6Si2. The number of nitrogens with two attached hydrogens (primary N) is 1. The van der Waals surface area contributed by atoms with Gasteiger partial charge in [0.05, 0.1) is 20.0 Å². The van der Waals surface area contributed by atoms with Gasteiger partial charge in [-0.3, -0.25) is 9.36 Å². The number of nitrogen functional groups attached to an aromatic ring is 1. The van der Waals surface area contributed by atoms with Gasteiger partial charge < -0.3 is 28.8 Å². The molecule has 1 saturated heterocycles. The number of aromatic nitrogens is 4. The number of fused-ring (bicyclic) bond motifs is 1. The molecule has 1 aliphatic rings. The fraction of sp³-hybridized carbons (Fsp3) is 0.760. The van der Waals surface area contributed by atoms with Gasteiger partial charge in [0.25, 0.3) is 0 Å². The van der Waals surface area contributed by atoms with Gasteiger partial charge in [-0.1, -0.05) is 41.5 Å². The molecule has 0 unspecified atom stereocenters. The number of carbonyl (C=O) groups is 1. The predicted octanol–water partition coefficient (Wildman–Crippen LogP) is 4.66. The largest absolute Gasteiger partial charge is 0.479 e. The molecule has 214 valence electrons. The molecule has 0 spiro atoms. The Balaban J connectivity index is 2.10. The first kappa shape index (κ1) is 30.5. The van der Waals surface area contributed by atoms with Gasteiger partial charge >= 0.3 is 5.97 Å². The molecule has 0 amide bonds. The zero-order chi connectivity index (χ0) is 28.8. The second-order valence-electron chi connectivity index (χ2n) is 13.0. The van der Waals surface area contributed by atoms with Crippen LogP contribution in [0.4, 0.5) is 5.95 Å². The van der Waals surface area contributed by atoms with Crippen LogP contribution < -0.4 is 10.5 Å². The third kappa shape index (κ3) is 6.06. The van der Waals surface area contributed by atoms with E-state index in [1.165, 1.54) is 14.0 Å². The van der Waals surface area contributed by atoms with E-state index < -0.39 is 47.1 Å². The highest BCUT2D eigenvalue weighted by Gasteiger charge is 2.53. The maximum Gasteiger partial charge on any atom is 0.303 e. The van der Waals surface area contributed by atoms with Gasteiger partial charge in [-0.05, 0) is 36.3 Å². The summed E-state index contributed by atoms with van der Waals surface area (Å²) in [6, 6.07) is 0. The topological polar surface area (TPSA) is 133 Å². The van der Waals surface area contributed by atoms with Gasteiger partial charge in [0.2, 0.25) is 11.8 Å². The maximum atomic E-state index is 12.4. The van der Waals surface area contributed by atoms with Crippen molar-refractivity contribution in [1.29, 1.82) is 0 Å². The lowest BCUT2D eigenvalue weighted by Crippen LogP contribution is -2.51. The van der Waals surface area contributed by atoms with Crippen LogP contribution in [0.5, 0.6) is 5.88 Å². The van der Waals surface area contributed by atoms with E-state index in [-0.39, 0.29) is 21.9 Å². The summed E-state index contributed by atoms with van der Waals surface area (Å²) < 4.78 is 33.1. The lowest BCUT2D eigenvalue weighted by atomic mass is 10.1. The number of nitrogens with zero attached hydrogens (tertiary/aromatic N) is 4. The van der Waals surface area contributed by atoms with Crippen molar-refractivity contribution in [3.8, 4) is 5.88 Å². The first-order chi connectivity index (χ1) is 17.3. The van der Waals surface area contributed by atoms with Crippen molar-refractivity contribution in [1.82, 2.24) is 19.5 Å². The highest BCUT2D eigenvalue weighted by atomic mass is 28.4. The van der Waals surface area contributed by atoms with Crippen LogP contribution in [0.3, 0.4) is 0 Å². The van der Waals surface area contributed by atoms with Gasteiger partial charge in [0.1, 0.15) is 12.2 Å². The minimum Gasteiger partial charge on any atom is -0.479 e.